The van der Waals surface area contributed by atoms with E-state index in [0.717, 1.165) is 12.2 Å². The lowest BCUT2D eigenvalue weighted by Gasteiger charge is -2.31. The second-order valence-corrected chi connectivity index (χ2v) is 37.8. The third-order valence-corrected chi connectivity index (χ3v) is 26.8. The highest BCUT2D eigenvalue weighted by molar-refractivity contribution is 8.00. The maximum Gasteiger partial charge on any atom is 0.315 e. The Morgan fingerprint density at radius 3 is 1.75 bits per heavy atom. The number of nitrogens with two attached hydrogens (primary N) is 3. The Balaban J connectivity index is 0.800. The van der Waals surface area contributed by atoms with Crippen LogP contribution in [-0.4, -0.2) is 335 Å². The van der Waals surface area contributed by atoms with E-state index in [4.69, 9.17) is 22.6 Å². The number of amides is 19. The zero-order valence-electron chi connectivity index (χ0n) is 80.5. The summed E-state index contributed by atoms with van der Waals surface area (Å²) in [5.41, 5.74) is 20.0. The molecule has 30 N–H and O–H groups in total. The van der Waals surface area contributed by atoms with Crippen molar-refractivity contribution in [1.82, 2.24) is 165 Å². The first-order valence-corrected chi connectivity index (χ1v) is 49.7. The van der Waals surface area contributed by atoms with Gasteiger partial charge in [-0.15, -0.1) is 10.2 Å². The number of thioether (sulfide) groups is 1. The number of aliphatic hydroxyl groups excluding tert-OH is 1. The van der Waals surface area contributed by atoms with E-state index in [1.807, 2.05) is 0 Å². The van der Waals surface area contributed by atoms with Gasteiger partial charge in [-0.25, -0.2) is 19.7 Å². The number of nitrogens with one attached hydrogen (secondary N) is 23. The monoisotopic (exact) mass is 2050 g/mol. The molecular formula is C90H128N36O19S. The highest BCUT2D eigenvalue weighted by atomic mass is 32.2. The lowest BCUT2D eigenvalue weighted by Crippen LogP contribution is -2.62. The number of primary amides is 1. The molecule has 16 atom stereocenters. The summed E-state index contributed by atoms with van der Waals surface area (Å²) in [4.78, 5) is 282. The van der Waals surface area contributed by atoms with Gasteiger partial charge < -0.3 is 143 Å². The number of carbonyl (C=O) groups excluding carboxylic acids is 18. The normalized spacial score (nSPS) is 24.2. The molecule has 6 aromatic heterocycles. The number of unbranched alkanes of at least 4 members (excludes halogenated alkanes) is 2. The van der Waals surface area contributed by atoms with E-state index in [1.165, 1.54) is 71.2 Å². The molecule has 56 heteroatoms. The quantitative estimate of drug-likeness (QED) is 0.00860. The van der Waals surface area contributed by atoms with Gasteiger partial charge in [-0.3, -0.25) is 96.3 Å². The van der Waals surface area contributed by atoms with Crippen molar-refractivity contribution in [2.75, 3.05) is 51.6 Å². The minimum absolute atomic E-state index is 0.00716. The lowest BCUT2D eigenvalue weighted by atomic mass is 10.0. The van der Waals surface area contributed by atoms with Crippen molar-refractivity contribution in [2.45, 2.75) is 264 Å². The first-order valence-electron chi connectivity index (χ1n) is 48.7. The van der Waals surface area contributed by atoms with Gasteiger partial charge in [0.05, 0.1) is 97.9 Å². The predicted octanol–water partition coefficient (Wildman–Crippen LogP) is -8.58. The summed E-state index contributed by atoms with van der Waals surface area (Å²) >= 11 is 1.76. The molecule has 4 bridgehead atoms. The zero-order valence-corrected chi connectivity index (χ0v) is 81.3. The standard InChI is InChI=1S/C90H128N36O19S/c1-48(127)75-87(143)116-66(28-49-34-100-57-16-3-2-14-55(49)57)88(144)126-27-13-20-68(126)86(142)115-65(33-54-43-124(123-121-54)25-10-7-15-56(91)78(134)101-38-73(131)111-64(85(141)118-75)31-52-37-97-47-107-52)84(140)112-59(17-6-9-23-98-70(128)22-5-4-21-69-76-67(44-146-69)117-90(145)119-76)80(136)103-39-72(130)109-60-18-8-11-26-125-42-53(120-122-125)32-61(77(92)133)113-83(139)63(30-51-36-96-46-106-51)110-74(132)41-102-79(135)58(19-12-24-99-89(93)94)108-71(129)40-104-81(137)62(114-82(60)138)29-50-35-95-45-105-50/h2-3,14,16,34-37,42-43,45-48,56,58-69,75-76,100,127H,4-13,15,17-33,38-41,44,91H2,1H3,(H2,92,133)(H,95,105)(H,96,106)(H,97,107)(H,98,128)(H,101,134)(H,102,135)(H,103,136)(H,104,137)(H,108,129)(H,109,130)(H,110,132)(H,111,131)(H,112,140)(H,113,139)(H,114,138)(H,115,142)(H,116,143)(H,118,141)(H4,93,94,99)(H2,117,119,145)/t48?,56-,58+,59-,60-,61-,62+,63+,64+,65-,66+,67-,68+,69-,75+,76-/m0/s1. The summed E-state index contributed by atoms with van der Waals surface area (Å²) in [6.07, 6.45) is 13.0. The zero-order chi connectivity index (χ0) is 104. The van der Waals surface area contributed by atoms with Crippen LogP contribution >= 0.6 is 11.8 Å². The van der Waals surface area contributed by atoms with Gasteiger partial charge in [-0.1, -0.05) is 35.0 Å². The van der Waals surface area contributed by atoms with Gasteiger partial charge >= 0.3 is 6.03 Å². The molecule has 1 aromatic carbocycles. The molecule has 3 saturated heterocycles. The molecule has 0 radical (unpaired) electrons. The topological polar surface area (TPSA) is 812 Å². The minimum Gasteiger partial charge on any atom is -0.391 e. The number of nitrogens with zero attached hydrogens (tertiary/aromatic N) is 10. The maximum absolute atomic E-state index is 15.6. The van der Waals surface area contributed by atoms with Gasteiger partial charge in [0.25, 0.3) is 0 Å². The molecule has 788 valence electrons. The number of hydrogen-bond acceptors (Lipinski definition) is 29. The first kappa shape index (κ1) is 109. The summed E-state index contributed by atoms with van der Waals surface area (Å²) in [6, 6.07) is -11.0. The smallest absolute Gasteiger partial charge is 0.315 e. The van der Waals surface area contributed by atoms with Crippen molar-refractivity contribution in [3.63, 3.8) is 0 Å². The average molecular weight is 2050 g/mol. The van der Waals surface area contributed by atoms with Gasteiger partial charge in [0.2, 0.25) is 100 Å². The summed E-state index contributed by atoms with van der Waals surface area (Å²) in [7, 11) is 0. The second-order valence-electron chi connectivity index (χ2n) is 36.5. The number of aliphatic hydroxyl groups is 1. The lowest BCUT2D eigenvalue weighted by molar-refractivity contribution is -0.143. The molecule has 7 aromatic rings. The van der Waals surface area contributed by atoms with E-state index in [0.29, 0.717) is 53.5 Å². The van der Waals surface area contributed by atoms with Crippen molar-refractivity contribution in [2.24, 2.45) is 17.2 Å². The third-order valence-electron chi connectivity index (χ3n) is 25.3. The number of para-hydroxylation sites is 1. The molecule has 11 heterocycles. The van der Waals surface area contributed by atoms with E-state index < -0.39 is 212 Å². The summed E-state index contributed by atoms with van der Waals surface area (Å²) in [5, 5.41) is 84.5. The molecule has 55 nitrogen and oxygen atoms in total. The number of hydrogen-bond donors (Lipinski definition) is 27. The van der Waals surface area contributed by atoms with Gasteiger partial charge in [0.1, 0.15) is 66.5 Å². The molecule has 12 rings (SSSR count). The molecule has 146 heavy (non-hydrogen) atoms. The molecule has 1 unspecified atom stereocenters. The maximum atomic E-state index is 15.6. The molecule has 5 aliphatic rings. The fraction of sp³-hybridized carbons (Fsp3) is 0.556. The number of H-pyrrole nitrogens is 4. The fourth-order valence-corrected chi connectivity index (χ4v) is 19.1. The van der Waals surface area contributed by atoms with Crippen LogP contribution in [0.5, 0.6) is 0 Å². The minimum atomic E-state index is -1.81. The van der Waals surface area contributed by atoms with Crippen LogP contribution in [0.15, 0.2) is 80.4 Å². The van der Waals surface area contributed by atoms with Crippen molar-refractivity contribution < 1.29 is 91.4 Å². The van der Waals surface area contributed by atoms with Crippen LogP contribution in [0.1, 0.15) is 150 Å². The summed E-state index contributed by atoms with van der Waals surface area (Å²) in [6.45, 7) is -1.52. The van der Waals surface area contributed by atoms with Crippen LogP contribution in [0.25, 0.3) is 10.9 Å². The number of fused-ring (bicyclic) bond motifs is 7. The molecule has 0 spiro atoms. The fourth-order valence-electron chi connectivity index (χ4n) is 17.6. The van der Waals surface area contributed by atoms with Gasteiger partial charge in [-0.2, -0.15) is 11.8 Å². The largest absolute Gasteiger partial charge is 0.391 e. The number of benzene rings is 1. The summed E-state index contributed by atoms with van der Waals surface area (Å²) in [5.74, 6) is -14.6. The third kappa shape index (κ3) is 33.3. The number of aromatic nitrogens is 13. The highest BCUT2D eigenvalue weighted by Crippen LogP contribution is 2.34. The van der Waals surface area contributed by atoms with Crippen LogP contribution in [0.4, 0.5) is 4.79 Å². The number of aryl methyl sites for hydroxylation is 2. The van der Waals surface area contributed by atoms with Crippen molar-refractivity contribution in [3.8, 4) is 0 Å². The number of aromatic amines is 4. The average Bonchev–Trinajstić information content (AvgIpc) is 1.64. The van der Waals surface area contributed by atoms with Crippen molar-refractivity contribution >= 4 is 135 Å². The Kier molecular flexibility index (Phi) is 40.6. The SMILES string of the molecule is CC(O)[C@H]1NC(=O)[C@@H](Cc2c[nH]cn2)NC(=O)CNC(=O)[C@@H](N)CCCCn2cc(nn2)C[C@@H](C(=O)N[C@@H](CCCCNC(=O)CCCC[C@@H]2SC[C@@H]3NC(=O)N[C@@H]32)C(=O)NCC(=O)N[C@H]2CCCCn3cc(nn3)C[C@@H](C(N)=O)NC(=O)[C@@H](Cc3c[nH]cn3)NC(=O)CNC(=O)[C@@H](CCCNC(=N)N)NC(=O)CNC(=O)[C@@H](Cc3c[nH]cn3)NC2=O)NC(=O)[C@H]2CCCN2C(=O)[C@@H](Cc2c[nH]c3ccccc23)NC1=O. The number of urea groups is 1. The van der Waals surface area contributed by atoms with Gasteiger partial charge in [0, 0.05) is 137 Å². The Hall–Kier alpha value is -15.5. The molecule has 0 saturated carbocycles. The van der Waals surface area contributed by atoms with Gasteiger partial charge in [-0.05, 0) is 115 Å². The van der Waals surface area contributed by atoms with E-state index in [-0.39, 0.29) is 188 Å². The molecular weight excluding hydrogens is 1920 g/mol. The van der Waals surface area contributed by atoms with Gasteiger partial charge in [0.15, 0.2) is 5.96 Å². The Bertz CT molecular complexity index is 5700. The van der Waals surface area contributed by atoms with E-state index >= 15 is 24.0 Å². The van der Waals surface area contributed by atoms with Crippen LogP contribution in [0.3, 0.4) is 0 Å². The van der Waals surface area contributed by atoms with Crippen LogP contribution < -0.4 is 113 Å². The first-order chi connectivity index (χ1) is 70.2. The molecule has 0 aliphatic carbocycles. The molecule has 5 aliphatic heterocycles. The summed E-state index contributed by atoms with van der Waals surface area (Å²) < 4.78 is 2.84. The Morgan fingerprint density at radius 1 is 0.548 bits per heavy atom. The van der Waals surface area contributed by atoms with Crippen molar-refractivity contribution in [3.05, 3.63) is 114 Å². The number of guanidine groups is 1. The van der Waals surface area contributed by atoms with Crippen LogP contribution in [0.2, 0.25) is 0 Å². The number of carbonyl (C=O) groups is 18. The molecule has 19 amide bonds. The van der Waals surface area contributed by atoms with Crippen molar-refractivity contribution in [1.29, 1.82) is 5.41 Å². The molecule has 3 fully saturated rings. The Morgan fingerprint density at radius 2 is 1.13 bits per heavy atom. The Labute approximate surface area is 840 Å². The van der Waals surface area contributed by atoms with Crippen LogP contribution in [-0.2, 0) is 133 Å². The van der Waals surface area contributed by atoms with E-state index in [2.05, 4.69) is 151 Å². The predicted molar refractivity (Wildman–Crippen MR) is 519 cm³/mol. The van der Waals surface area contributed by atoms with E-state index in [1.54, 1.807) is 42.2 Å². The number of rotatable bonds is 30. The number of imidazole rings is 3. The second kappa shape index (κ2) is 54.2. The highest BCUT2D eigenvalue weighted by Gasteiger charge is 2.45. The van der Waals surface area contributed by atoms with Crippen LogP contribution in [0, 0.1) is 5.41 Å². The van der Waals surface area contributed by atoms with E-state index in [9.17, 15) is 67.4 Å².